The Kier molecular flexibility index (Phi) is 37.4. The number of carbonyl (C=O) groups is 15. The van der Waals surface area contributed by atoms with Crippen LogP contribution in [-0.4, -0.2) is 232 Å². The van der Waals surface area contributed by atoms with Crippen LogP contribution in [0.1, 0.15) is 161 Å². The van der Waals surface area contributed by atoms with Crippen LogP contribution in [0.15, 0.2) is 106 Å². The number of imidazole rings is 1. The number of allylic oxidation sites excluding steroid dienone is 6. The molecule has 4 aromatic rings. The van der Waals surface area contributed by atoms with E-state index in [-0.39, 0.29) is 67.7 Å². The molecular weight excluding hydrogens is 1920 g/mol. The molecule has 670 valence electrons. The largest absolute Gasteiger partial charge is 0.481 e. The molecule has 17 N–H and O–H groups in total. The lowest BCUT2D eigenvalue weighted by Crippen LogP contribution is -2.61. The van der Waals surface area contributed by atoms with E-state index >= 15 is 0 Å². The molecule has 40 nitrogen and oxygen atoms in total. The van der Waals surface area contributed by atoms with E-state index in [9.17, 15) is 134 Å². The van der Waals surface area contributed by atoms with Crippen molar-refractivity contribution in [1.82, 2.24) is 52.1 Å². The van der Waals surface area contributed by atoms with Gasteiger partial charge in [0.2, 0.25) is 52.9 Å². The van der Waals surface area contributed by atoms with E-state index in [1.165, 1.54) is 24.3 Å². The highest BCUT2D eigenvalue weighted by Crippen LogP contribution is 2.52. The number of benzene rings is 3. The molecule has 0 saturated carbocycles. The average molecular weight is 2020 g/mol. The van der Waals surface area contributed by atoms with Gasteiger partial charge in [-0.15, -0.1) is 0 Å². The number of carboxylic acids is 7. The average Bonchev–Trinajstić information content (AvgIpc) is 1.59. The monoisotopic (exact) mass is 2020 g/mol. The summed E-state index contributed by atoms with van der Waals surface area (Å²) < 4.78 is 76.0. The van der Waals surface area contributed by atoms with Crippen molar-refractivity contribution in [3.05, 3.63) is 108 Å². The zero-order valence-corrected chi connectivity index (χ0v) is 74.9. The van der Waals surface area contributed by atoms with Crippen LogP contribution < -0.4 is 47.4 Å². The number of nitrogens with zero attached hydrogens (tertiary/aromatic N) is 4. The van der Waals surface area contributed by atoms with Crippen molar-refractivity contribution in [1.29, 1.82) is 0 Å². The molecule has 1 unspecified atom stereocenters. The minimum atomic E-state index is -4.67. The first-order valence-corrected chi connectivity index (χ1v) is 44.4. The lowest BCUT2D eigenvalue weighted by Gasteiger charge is -2.30. The minimum Gasteiger partial charge on any atom is -0.481 e. The van der Waals surface area contributed by atoms with E-state index in [0.717, 1.165) is 58.9 Å². The number of halogens is 4. The third kappa shape index (κ3) is 28.3. The molecular formula is C77H95Br4N12O28S2+. The van der Waals surface area contributed by atoms with E-state index in [4.69, 9.17) is 0 Å². The zero-order chi connectivity index (χ0) is 91.9. The van der Waals surface area contributed by atoms with Crippen LogP contribution in [0.2, 0.25) is 0 Å². The number of aliphatic carboxylic acids is 7. The molecule has 3 aromatic carbocycles. The minimum absolute atomic E-state index is 0.0274. The Morgan fingerprint density at radius 2 is 0.927 bits per heavy atom. The van der Waals surface area contributed by atoms with Crippen LogP contribution in [-0.2, 0) is 110 Å². The van der Waals surface area contributed by atoms with Gasteiger partial charge in [-0.1, -0.05) is 37.5 Å². The van der Waals surface area contributed by atoms with E-state index in [1.807, 2.05) is 87.4 Å². The highest BCUT2D eigenvalue weighted by molar-refractivity contribution is 9.15. The molecule has 0 saturated heterocycles. The molecule has 0 fully saturated rings. The SMILES string of the molecule is CCN1/C(=C/C=C/C=C/C2=[N+](CC)c3ccc(S(=O)(=O)O)cc3C2(C)C)C(C)(CCCC(=O)NCCCC[C@H](NC(=O)[C@H](CC(=O)O)NC(=O)[C@H](CC(=O)O)NC(=O)[C@H](CC(=O)O)NC(=O)[C@H](CC(=O)O)NC(=O)[C@H](CC(=O)O)NC(=O)[C@@H](CC(=O)O)NC(=O)CCCCCCCn2cnc3c(Br)c(Br)c(Br)c(Br)c32)C(=O)O)c2cc(S(=O)(=O)O)ccc21. The maximum atomic E-state index is 13.8. The molecule has 0 aliphatic carbocycles. The Balaban J connectivity index is 1.03. The topological polar surface area (TPSA) is 627 Å². The second kappa shape index (κ2) is 45.3. The molecule has 1 aromatic heterocycles. The summed E-state index contributed by atoms with van der Waals surface area (Å²) in [5, 5.41) is 85.0. The molecule has 2 aliphatic rings. The third-order valence-corrected chi connectivity index (χ3v) is 26.6. The maximum absolute atomic E-state index is 13.8. The van der Waals surface area contributed by atoms with E-state index in [0.29, 0.717) is 49.3 Å². The number of anilines is 1. The molecule has 123 heavy (non-hydrogen) atoms. The molecule has 3 heterocycles. The fourth-order valence-corrected chi connectivity index (χ4v) is 17.5. The molecule has 6 rings (SSSR count). The normalized spacial score (nSPS) is 16.3. The lowest BCUT2D eigenvalue weighted by atomic mass is 9.77. The van der Waals surface area contributed by atoms with Gasteiger partial charge in [-0.25, -0.2) is 9.78 Å². The summed E-state index contributed by atoms with van der Waals surface area (Å²) in [4.78, 5) is 200. The van der Waals surface area contributed by atoms with Crippen LogP contribution in [0.3, 0.4) is 0 Å². The Bertz CT molecular complexity index is 5150. The van der Waals surface area contributed by atoms with E-state index in [1.54, 1.807) is 36.7 Å². The maximum Gasteiger partial charge on any atom is 0.326 e. The number of carboxylic acid groups (broad SMARTS) is 7. The van der Waals surface area contributed by atoms with Crippen LogP contribution in [0, 0.1) is 0 Å². The summed E-state index contributed by atoms with van der Waals surface area (Å²) in [5.41, 5.74) is 4.15. The highest BCUT2D eigenvalue weighted by Gasteiger charge is 2.46. The van der Waals surface area contributed by atoms with Crippen LogP contribution in [0.25, 0.3) is 11.0 Å². The molecule has 8 atom stereocenters. The first kappa shape index (κ1) is 101. The number of aryl methyl sites for hydroxylation is 1. The number of aromatic nitrogens is 2. The third-order valence-electron chi connectivity index (χ3n) is 20.2. The molecule has 8 amide bonds. The number of unbranched alkanes of at least 4 members (excludes halogenated alkanes) is 5. The van der Waals surface area contributed by atoms with Gasteiger partial charge in [0, 0.05) is 75.9 Å². The summed E-state index contributed by atoms with van der Waals surface area (Å²) in [6.07, 6.45) is 5.48. The molecule has 46 heteroatoms. The number of likely N-dealkylation sites (N-methyl/N-ethyl adjacent to an activating group) is 1. The highest BCUT2D eigenvalue weighted by atomic mass is 79.9. The predicted octanol–water partition coefficient (Wildman–Crippen LogP) is 5.59. The summed E-state index contributed by atoms with van der Waals surface area (Å²) in [7, 11) is -9.16. The van der Waals surface area contributed by atoms with Gasteiger partial charge in [0.25, 0.3) is 20.2 Å². The Labute approximate surface area is 738 Å². The number of amides is 8. The summed E-state index contributed by atoms with van der Waals surface area (Å²) in [5.74, 6) is -23.5. The number of hydrogen-bond acceptors (Lipinski definition) is 21. The summed E-state index contributed by atoms with van der Waals surface area (Å²) in [6.45, 7) is 11.0. The van der Waals surface area contributed by atoms with Gasteiger partial charge in [0.15, 0.2) is 5.71 Å². The van der Waals surface area contributed by atoms with E-state index in [2.05, 4.69) is 84.7 Å². The zero-order valence-electron chi connectivity index (χ0n) is 66.9. The van der Waals surface area contributed by atoms with Crippen molar-refractivity contribution in [3.8, 4) is 0 Å². The first-order chi connectivity index (χ1) is 57.5. The second-order valence-corrected chi connectivity index (χ2v) is 35.5. The molecule has 0 radical (unpaired) electrons. The van der Waals surface area contributed by atoms with Gasteiger partial charge in [0.05, 0.1) is 74.5 Å². The summed E-state index contributed by atoms with van der Waals surface area (Å²) >= 11 is 14.2. The van der Waals surface area contributed by atoms with Gasteiger partial charge in [0.1, 0.15) is 54.4 Å². The van der Waals surface area contributed by atoms with Gasteiger partial charge in [-0.05, 0) is 185 Å². The van der Waals surface area contributed by atoms with Gasteiger partial charge in [-0.2, -0.15) is 21.4 Å². The van der Waals surface area contributed by atoms with Crippen molar-refractivity contribution in [2.24, 2.45) is 0 Å². The molecule has 2 aliphatic heterocycles. The van der Waals surface area contributed by atoms with E-state index < -0.39 is 201 Å². The number of fused-ring (bicyclic) bond motifs is 3. The number of rotatable bonds is 50. The van der Waals surface area contributed by atoms with Crippen LogP contribution in [0.4, 0.5) is 11.4 Å². The van der Waals surface area contributed by atoms with Crippen molar-refractivity contribution in [3.63, 3.8) is 0 Å². The van der Waals surface area contributed by atoms with Gasteiger partial charge < -0.3 is 87.7 Å². The van der Waals surface area contributed by atoms with Crippen molar-refractivity contribution < 1.29 is 138 Å². The van der Waals surface area contributed by atoms with Crippen LogP contribution >= 0.6 is 63.7 Å². The smallest absolute Gasteiger partial charge is 0.326 e. The van der Waals surface area contributed by atoms with Crippen LogP contribution in [0.5, 0.6) is 0 Å². The fourth-order valence-electron chi connectivity index (χ4n) is 14.1. The molecule has 0 spiro atoms. The molecule has 0 bridgehead atoms. The number of nitrogens with one attached hydrogen (secondary N) is 8. The lowest BCUT2D eigenvalue weighted by molar-refractivity contribution is -0.433. The van der Waals surface area contributed by atoms with Crippen molar-refractivity contribution >= 4 is 201 Å². The Morgan fingerprint density at radius 3 is 1.38 bits per heavy atom. The van der Waals surface area contributed by atoms with Gasteiger partial charge >= 0.3 is 41.8 Å². The fraction of sp³-hybridized carbons (Fsp3) is 0.468. The second-order valence-electron chi connectivity index (χ2n) is 29.5. The Hall–Kier alpha value is -10.4. The summed E-state index contributed by atoms with van der Waals surface area (Å²) in [6, 6.07) is -6.88. The number of hydrogen-bond donors (Lipinski definition) is 17. The predicted molar refractivity (Wildman–Crippen MR) is 451 cm³/mol. The standard InChI is InChI=1S/C77H94Br4N12O28S2/c1-6-92-51-26-24-40(122(116,117)118)31-42(51)76(3,4)53(92)20-12-11-13-21-54-77(5,43-32-41(123(119,120)121)25-27-52(43)93(54)7-2)28-18-23-55(94)82-29-16-15-19-44(75(114)115)85-70(109)46(34-58(98)99)87-72(111)48(36-60(102)103)89-74(113)50(38-62(106)107)90-73(112)49(37-61(104)105)88-71(110)47(35-59(100)101)86-69(108)45(33-57(96)97)84-56(95)22-14-9-8-10-17-30-91-39-83-67-65(80)63(78)64(79)66(81)68(67)91/h11-13,20-21,24-27,31-32,39,44-50H,6-10,14-19,22-23,28-30,33-38H2,1-5H3,(H16-,82,84,85,86,87,88,89,90,94,95,96,97,98,99,100,101,102,103,104,105,106,107,108,109,110,111,112,113,114,115,116,117,118,119,120,121)/p+1/t44-,45+,46-,47-,48-,49-,50-,77?/m0/s1. The number of carbonyl (C=O) groups excluding carboxylic acids is 8. The van der Waals surface area contributed by atoms with Crippen molar-refractivity contribution in [2.75, 3.05) is 24.5 Å². The Morgan fingerprint density at radius 1 is 0.496 bits per heavy atom. The first-order valence-electron chi connectivity index (χ1n) is 38.4. The van der Waals surface area contributed by atoms with Crippen molar-refractivity contribution in [2.45, 2.75) is 220 Å². The quantitative estimate of drug-likeness (QED) is 0.00639. The van der Waals surface area contributed by atoms with Gasteiger partial charge in [-0.3, -0.25) is 76.2 Å².